The molecule has 2 N–H and O–H groups in total. The number of aromatic nitrogens is 4. The molecule has 2 aromatic rings. The number of aromatic amines is 1. The summed E-state index contributed by atoms with van der Waals surface area (Å²) >= 11 is 5.82. The molecule has 0 aliphatic heterocycles. The largest absolute Gasteiger partial charge is 0.280 e. The van der Waals surface area contributed by atoms with Gasteiger partial charge in [-0.3, -0.25) is 14.5 Å². The van der Waals surface area contributed by atoms with Gasteiger partial charge in [-0.2, -0.15) is 18.6 Å². The Hall–Kier alpha value is -1.54. The van der Waals surface area contributed by atoms with E-state index in [1.165, 1.54) is 17.9 Å². The van der Waals surface area contributed by atoms with E-state index < -0.39 is 10.0 Å². The van der Waals surface area contributed by atoms with E-state index in [1.54, 1.807) is 13.8 Å². The number of sulfonamides is 1. The van der Waals surface area contributed by atoms with Gasteiger partial charge in [0.15, 0.2) is 5.03 Å². The first-order valence-corrected chi connectivity index (χ1v) is 6.91. The third kappa shape index (κ3) is 2.08. The molecule has 0 amide bonds. The molecule has 9 heteroatoms. The van der Waals surface area contributed by atoms with E-state index in [0.29, 0.717) is 17.1 Å². The minimum Gasteiger partial charge on any atom is -0.280 e. The van der Waals surface area contributed by atoms with Gasteiger partial charge < -0.3 is 0 Å². The fourth-order valence-corrected chi connectivity index (χ4v) is 3.43. The topological polar surface area (TPSA) is 92.7 Å². The van der Waals surface area contributed by atoms with Crippen LogP contribution in [0.4, 0.5) is 5.69 Å². The first-order valence-electron chi connectivity index (χ1n) is 5.05. The lowest BCUT2D eigenvalue weighted by Gasteiger charge is -2.08. The number of rotatable bonds is 3. The van der Waals surface area contributed by atoms with Crippen LogP contribution in [0, 0.1) is 13.8 Å². The van der Waals surface area contributed by atoms with Crippen LogP contribution in [0.5, 0.6) is 0 Å². The van der Waals surface area contributed by atoms with Gasteiger partial charge in [-0.25, -0.2) is 0 Å². The Morgan fingerprint density at radius 2 is 2.11 bits per heavy atom. The highest BCUT2D eigenvalue weighted by Gasteiger charge is 2.24. The van der Waals surface area contributed by atoms with Crippen LogP contribution in [0.1, 0.15) is 11.4 Å². The molecule has 98 valence electrons. The molecule has 0 aliphatic rings. The van der Waals surface area contributed by atoms with E-state index in [2.05, 4.69) is 20.0 Å². The molecule has 0 spiro atoms. The third-order valence-corrected chi connectivity index (χ3v) is 4.32. The van der Waals surface area contributed by atoms with Crippen LogP contribution in [-0.2, 0) is 17.1 Å². The summed E-state index contributed by atoms with van der Waals surface area (Å²) < 4.78 is 28.1. The van der Waals surface area contributed by atoms with Crippen molar-refractivity contribution in [1.29, 1.82) is 0 Å². The average Bonchev–Trinajstić information content (AvgIpc) is 2.76. The summed E-state index contributed by atoms with van der Waals surface area (Å²) in [7, 11) is -2.28. The number of nitrogens with one attached hydrogen (secondary N) is 2. The second kappa shape index (κ2) is 4.29. The lowest BCUT2D eigenvalue weighted by molar-refractivity contribution is 0.582. The van der Waals surface area contributed by atoms with Crippen molar-refractivity contribution < 1.29 is 8.42 Å². The minimum absolute atomic E-state index is 0.0730. The molecule has 0 unspecified atom stereocenters. The van der Waals surface area contributed by atoms with E-state index in [4.69, 9.17) is 11.6 Å². The maximum atomic E-state index is 12.2. The van der Waals surface area contributed by atoms with Crippen LogP contribution in [0.2, 0.25) is 5.02 Å². The van der Waals surface area contributed by atoms with Crippen molar-refractivity contribution in [2.24, 2.45) is 7.05 Å². The van der Waals surface area contributed by atoms with E-state index in [1.807, 2.05) is 0 Å². The number of H-pyrrole nitrogens is 1. The zero-order chi connectivity index (χ0) is 13.5. The average molecular weight is 290 g/mol. The Bertz CT molecular complexity index is 649. The normalized spacial score (nSPS) is 11.8. The van der Waals surface area contributed by atoms with Crippen molar-refractivity contribution >= 4 is 27.3 Å². The summed E-state index contributed by atoms with van der Waals surface area (Å²) in [5, 5.41) is 10.4. The molecule has 0 aromatic carbocycles. The SMILES string of the molecule is Cc1n[nH]c(C)c1NS(=O)(=O)c1c(Cl)cnn1C. The standard InChI is InChI=1S/C9H12ClN5O2S/c1-5-8(6(2)13-12-5)14-18(16,17)9-7(10)4-11-15(9)3/h4,14H,1-3H3,(H,12,13). The Kier molecular flexibility index (Phi) is 3.07. The maximum absolute atomic E-state index is 12.2. The number of halogens is 1. The van der Waals surface area contributed by atoms with Crippen LogP contribution in [0.25, 0.3) is 0 Å². The van der Waals surface area contributed by atoms with Gasteiger partial charge in [0.05, 0.1) is 28.3 Å². The predicted molar refractivity (Wildman–Crippen MR) is 67.1 cm³/mol. The van der Waals surface area contributed by atoms with Gasteiger partial charge in [-0.15, -0.1) is 0 Å². The summed E-state index contributed by atoms with van der Waals surface area (Å²) in [4.78, 5) is 0. The molecule has 2 rings (SSSR count). The fourth-order valence-electron chi connectivity index (χ4n) is 1.59. The summed E-state index contributed by atoms with van der Waals surface area (Å²) in [6.45, 7) is 3.43. The van der Waals surface area contributed by atoms with Crippen molar-refractivity contribution in [3.8, 4) is 0 Å². The Morgan fingerprint density at radius 3 is 2.56 bits per heavy atom. The number of hydrogen-bond acceptors (Lipinski definition) is 4. The van der Waals surface area contributed by atoms with Gasteiger partial charge in [-0.1, -0.05) is 11.6 Å². The number of nitrogens with zero attached hydrogens (tertiary/aromatic N) is 3. The maximum Gasteiger partial charge on any atom is 0.280 e. The van der Waals surface area contributed by atoms with Crippen LogP contribution < -0.4 is 4.72 Å². The molecule has 0 aliphatic carbocycles. The van der Waals surface area contributed by atoms with E-state index in [0.717, 1.165) is 0 Å². The quantitative estimate of drug-likeness (QED) is 0.888. The van der Waals surface area contributed by atoms with Crippen LogP contribution >= 0.6 is 11.6 Å². The van der Waals surface area contributed by atoms with Crippen molar-refractivity contribution in [2.45, 2.75) is 18.9 Å². The van der Waals surface area contributed by atoms with Crippen molar-refractivity contribution in [3.05, 3.63) is 22.6 Å². The molecule has 0 bridgehead atoms. The lowest BCUT2D eigenvalue weighted by Crippen LogP contribution is -2.17. The van der Waals surface area contributed by atoms with Crippen molar-refractivity contribution in [2.75, 3.05) is 4.72 Å². The Labute approximate surface area is 109 Å². The number of anilines is 1. The van der Waals surface area contributed by atoms with Gasteiger partial charge in [0.2, 0.25) is 0 Å². The number of hydrogen-bond donors (Lipinski definition) is 2. The molecule has 0 atom stereocenters. The molecule has 0 saturated carbocycles. The molecule has 0 radical (unpaired) electrons. The Balaban J connectivity index is 2.46. The second-order valence-electron chi connectivity index (χ2n) is 3.84. The molecule has 0 saturated heterocycles. The summed E-state index contributed by atoms with van der Waals surface area (Å²) in [6, 6.07) is 0. The smallest absolute Gasteiger partial charge is 0.280 e. The van der Waals surface area contributed by atoms with Gasteiger partial charge in [0.25, 0.3) is 10.0 Å². The zero-order valence-electron chi connectivity index (χ0n) is 10.0. The van der Waals surface area contributed by atoms with Gasteiger partial charge >= 0.3 is 0 Å². The molecular weight excluding hydrogens is 278 g/mol. The van der Waals surface area contributed by atoms with Gasteiger partial charge in [0, 0.05) is 7.05 Å². The second-order valence-corrected chi connectivity index (χ2v) is 5.84. The highest BCUT2D eigenvalue weighted by Crippen LogP contribution is 2.25. The van der Waals surface area contributed by atoms with Gasteiger partial charge in [-0.05, 0) is 13.8 Å². The fraction of sp³-hybridized carbons (Fsp3) is 0.333. The number of aryl methyl sites for hydroxylation is 3. The van der Waals surface area contributed by atoms with Gasteiger partial charge in [0.1, 0.15) is 0 Å². The minimum atomic E-state index is -3.79. The highest BCUT2D eigenvalue weighted by atomic mass is 35.5. The Morgan fingerprint density at radius 1 is 1.44 bits per heavy atom. The predicted octanol–water partition coefficient (Wildman–Crippen LogP) is 1.21. The van der Waals surface area contributed by atoms with Crippen LogP contribution in [0.15, 0.2) is 11.2 Å². The third-order valence-electron chi connectivity index (χ3n) is 2.46. The molecule has 0 fully saturated rings. The zero-order valence-corrected chi connectivity index (χ0v) is 11.6. The van der Waals surface area contributed by atoms with Crippen LogP contribution in [-0.4, -0.2) is 28.4 Å². The first-order chi connectivity index (χ1) is 8.33. The molecule has 2 heterocycles. The summed E-state index contributed by atoms with van der Waals surface area (Å²) in [5.74, 6) is 0. The molecule has 18 heavy (non-hydrogen) atoms. The highest BCUT2D eigenvalue weighted by molar-refractivity contribution is 7.92. The van der Waals surface area contributed by atoms with Crippen molar-refractivity contribution in [3.63, 3.8) is 0 Å². The lowest BCUT2D eigenvalue weighted by atomic mass is 10.3. The van der Waals surface area contributed by atoms with Crippen LogP contribution in [0.3, 0.4) is 0 Å². The van der Waals surface area contributed by atoms with E-state index >= 15 is 0 Å². The summed E-state index contributed by atoms with van der Waals surface area (Å²) in [6.07, 6.45) is 1.28. The van der Waals surface area contributed by atoms with E-state index in [-0.39, 0.29) is 10.0 Å². The molecule has 2 aromatic heterocycles. The molecule has 7 nitrogen and oxygen atoms in total. The monoisotopic (exact) mass is 289 g/mol. The molecular formula is C9H12ClN5O2S. The van der Waals surface area contributed by atoms with Crippen molar-refractivity contribution in [1.82, 2.24) is 20.0 Å². The van der Waals surface area contributed by atoms with E-state index in [9.17, 15) is 8.42 Å². The summed E-state index contributed by atoms with van der Waals surface area (Å²) in [5.41, 5.74) is 1.62. The first kappa shape index (κ1) is 12.9.